The van der Waals surface area contributed by atoms with Gasteiger partial charge in [0, 0.05) is 12.6 Å². The Hall–Kier alpha value is -1.78. The van der Waals surface area contributed by atoms with Gasteiger partial charge in [0.2, 0.25) is 0 Å². The van der Waals surface area contributed by atoms with Gasteiger partial charge in [0.15, 0.2) is 0 Å². The smallest absolute Gasteiger partial charge is 0.406 e. The third-order valence-electron chi connectivity index (χ3n) is 1.90. The highest BCUT2D eigenvalue weighted by Crippen LogP contribution is 2.17. The molecule has 0 fully saturated rings. The first-order valence-electron chi connectivity index (χ1n) is 4.42. The fourth-order valence-corrected chi connectivity index (χ4v) is 1.12. The second-order valence-electron chi connectivity index (χ2n) is 2.94. The third kappa shape index (κ3) is 3.46. The van der Waals surface area contributed by atoms with Crippen molar-refractivity contribution >= 4 is 6.09 Å². The molecule has 1 amide bonds. The summed E-state index contributed by atoms with van der Waals surface area (Å²) in [4.78, 5) is 10.7. The van der Waals surface area contributed by atoms with Crippen LogP contribution in [0.2, 0.25) is 0 Å². The lowest BCUT2D eigenvalue weighted by Crippen LogP contribution is -2.25. The molecule has 1 aromatic carbocycles. The van der Waals surface area contributed by atoms with Crippen molar-refractivity contribution in [3.63, 3.8) is 0 Å². The van der Waals surface area contributed by atoms with E-state index in [9.17, 15) is 14.3 Å². The Morgan fingerprint density at radius 3 is 2.93 bits per heavy atom. The number of rotatable bonds is 3. The molecular weight excluding hydrogens is 201 g/mol. The number of phenolic OH excluding ortho intramolecular Hbond substituents is 1. The predicted octanol–water partition coefficient (Wildman–Crippen LogP) is 1.43. The van der Waals surface area contributed by atoms with Crippen LogP contribution in [0.4, 0.5) is 9.18 Å². The molecule has 0 bridgehead atoms. The molecule has 0 saturated carbocycles. The molecule has 5 heteroatoms. The fraction of sp³-hybridized carbons (Fsp3) is 0.300. The molecule has 82 valence electrons. The zero-order valence-corrected chi connectivity index (χ0v) is 8.29. The summed E-state index contributed by atoms with van der Waals surface area (Å²) >= 11 is 0. The molecule has 1 rings (SSSR count). The standard InChI is InChI=1S/C10H12FNO3/c1-15-10(14)12-5-4-7-2-3-8(11)6-9(7)13/h2-3,6,13H,4-5H2,1H3,(H,12,14). The van der Waals surface area contributed by atoms with Gasteiger partial charge >= 0.3 is 6.09 Å². The topological polar surface area (TPSA) is 58.6 Å². The van der Waals surface area contributed by atoms with Crippen molar-refractivity contribution in [2.45, 2.75) is 6.42 Å². The molecule has 4 nitrogen and oxygen atoms in total. The first kappa shape index (κ1) is 11.3. The first-order chi connectivity index (χ1) is 7.13. The van der Waals surface area contributed by atoms with Gasteiger partial charge in [-0.3, -0.25) is 0 Å². The van der Waals surface area contributed by atoms with Gasteiger partial charge in [0.1, 0.15) is 11.6 Å². The Bertz CT molecular complexity index is 355. The molecule has 15 heavy (non-hydrogen) atoms. The zero-order chi connectivity index (χ0) is 11.3. The average molecular weight is 213 g/mol. The van der Waals surface area contributed by atoms with Crippen molar-refractivity contribution in [2.24, 2.45) is 0 Å². The summed E-state index contributed by atoms with van der Waals surface area (Å²) in [6.07, 6.45) is -0.113. The van der Waals surface area contributed by atoms with Gasteiger partial charge in [-0.2, -0.15) is 0 Å². The second-order valence-corrected chi connectivity index (χ2v) is 2.94. The molecule has 0 saturated heterocycles. The Kier molecular flexibility index (Phi) is 3.91. The summed E-state index contributed by atoms with van der Waals surface area (Å²) in [6, 6.07) is 3.77. The number of aromatic hydroxyl groups is 1. The summed E-state index contributed by atoms with van der Waals surface area (Å²) in [5, 5.41) is 11.8. The van der Waals surface area contributed by atoms with Crippen LogP contribution < -0.4 is 5.32 Å². The molecular formula is C10H12FNO3. The summed E-state index contributed by atoms with van der Waals surface area (Å²) in [6.45, 7) is 0.325. The van der Waals surface area contributed by atoms with Crippen molar-refractivity contribution in [1.29, 1.82) is 0 Å². The van der Waals surface area contributed by atoms with Gasteiger partial charge in [-0.05, 0) is 18.1 Å². The number of carbonyl (C=O) groups is 1. The highest BCUT2D eigenvalue weighted by Gasteiger charge is 2.03. The van der Waals surface area contributed by atoms with Gasteiger partial charge < -0.3 is 15.2 Å². The Morgan fingerprint density at radius 2 is 2.33 bits per heavy atom. The Labute approximate surface area is 86.7 Å². The van der Waals surface area contributed by atoms with E-state index in [0.29, 0.717) is 18.5 Å². The lowest BCUT2D eigenvalue weighted by molar-refractivity contribution is 0.171. The highest BCUT2D eigenvalue weighted by molar-refractivity contribution is 5.66. The zero-order valence-electron chi connectivity index (χ0n) is 8.29. The van der Waals surface area contributed by atoms with Crippen molar-refractivity contribution in [3.05, 3.63) is 29.6 Å². The van der Waals surface area contributed by atoms with E-state index >= 15 is 0 Å². The maximum atomic E-state index is 12.6. The van der Waals surface area contributed by atoms with E-state index in [2.05, 4.69) is 10.1 Å². The average Bonchev–Trinajstić information content (AvgIpc) is 2.21. The number of hydrogen-bond acceptors (Lipinski definition) is 3. The van der Waals surface area contributed by atoms with Crippen LogP contribution in [0.25, 0.3) is 0 Å². The summed E-state index contributed by atoms with van der Waals surface area (Å²) in [5.74, 6) is -0.598. The largest absolute Gasteiger partial charge is 0.508 e. The predicted molar refractivity (Wildman–Crippen MR) is 52.2 cm³/mol. The highest BCUT2D eigenvalue weighted by atomic mass is 19.1. The first-order valence-corrected chi connectivity index (χ1v) is 4.42. The summed E-state index contributed by atoms with van der Waals surface area (Å²) in [7, 11) is 1.27. The number of carbonyl (C=O) groups excluding carboxylic acids is 1. The molecule has 1 aromatic rings. The van der Waals surface area contributed by atoms with Crippen LogP contribution in [-0.2, 0) is 11.2 Å². The normalized spacial score (nSPS) is 9.73. The number of alkyl carbamates (subject to hydrolysis) is 1. The third-order valence-corrected chi connectivity index (χ3v) is 1.90. The minimum absolute atomic E-state index is 0.110. The number of halogens is 1. The molecule has 0 unspecified atom stereocenters. The van der Waals surface area contributed by atoms with Gasteiger partial charge in [0.25, 0.3) is 0 Å². The lowest BCUT2D eigenvalue weighted by Gasteiger charge is -2.05. The van der Waals surface area contributed by atoms with E-state index in [1.165, 1.54) is 19.2 Å². The molecule has 0 heterocycles. The number of amides is 1. The van der Waals surface area contributed by atoms with Crippen LogP contribution in [0.5, 0.6) is 5.75 Å². The van der Waals surface area contributed by atoms with Crippen LogP contribution in [0.3, 0.4) is 0 Å². The molecule has 0 spiro atoms. The number of hydrogen-bond donors (Lipinski definition) is 2. The monoisotopic (exact) mass is 213 g/mol. The van der Waals surface area contributed by atoms with E-state index in [4.69, 9.17) is 0 Å². The van der Waals surface area contributed by atoms with Crippen LogP contribution in [0, 0.1) is 5.82 Å². The number of benzene rings is 1. The maximum absolute atomic E-state index is 12.6. The molecule has 2 N–H and O–H groups in total. The van der Waals surface area contributed by atoms with Crippen LogP contribution in [-0.4, -0.2) is 24.9 Å². The van der Waals surface area contributed by atoms with E-state index in [1.54, 1.807) is 0 Å². The number of methoxy groups -OCH3 is 1. The quantitative estimate of drug-likeness (QED) is 0.798. The minimum Gasteiger partial charge on any atom is -0.508 e. The van der Waals surface area contributed by atoms with Crippen LogP contribution >= 0.6 is 0 Å². The van der Waals surface area contributed by atoms with Crippen molar-refractivity contribution in [3.8, 4) is 5.75 Å². The summed E-state index contributed by atoms with van der Waals surface area (Å²) < 4.78 is 17.0. The SMILES string of the molecule is COC(=O)NCCc1ccc(F)cc1O. The minimum atomic E-state index is -0.531. The van der Waals surface area contributed by atoms with Gasteiger partial charge in [0.05, 0.1) is 7.11 Å². The molecule has 0 aliphatic carbocycles. The number of nitrogens with one attached hydrogen (secondary N) is 1. The Balaban J connectivity index is 2.47. The molecule has 0 aromatic heterocycles. The van der Waals surface area contributed by atoms with E-state index < -0.39 is 11.9 Å². The Morgan fingerprint density at radius 1 is 1.60 bits per heavy atom. The van der Waals surface area contributed by atoms with Crippen LogP contribution in [0.15, 0.2) is 18.2 Å². The lowest BCUT2D eigenvalue weighted by atomic mass is 10.1. The molecule has 0 aliphatic heterocycles. The number of ether oxygens (including phenoxy) is 1. The van der Waals surface area contributed by atoms with Gasteiger partial charge in [-0.25, -0.2) is 9.18 Å². The van der Waals surface area contributed by atoms with E-state index in [1.807, 2.05) is 0 Å². The van der Waals surface area contributed by atoms with E-state index in [-0.39, 0.29) is 5.75 Å². The molecule has 0 aliphatic rings. The van der Waals surface area contributed by atoms with Gasteiger partial charge in [-0.15, -0.1) is 0 Å². The second kappa shape index (κ2) is 5.19. The van der Waals surface area contributed by atoms with Gasteiger partial charge in [-0.1, -0.05) is 6.07 Å². The maximum Gasteiger partial charge on any atom is 0.406 e. The van der Waals surface area contributed by atoms with Crippen molar-refractivity contribution < 1.29 is 19.0 Å². The number of phenols is 1. The van der Waals surface area contributed by atoms with Crippen LogP contribution in [0.1, 0.15) is 5.56 Å². The van der Waals surface area contributed by atoms with E-state index in [0.717, 1.165) is 6.07 Å². The summed E-state index contributed by atoms with van der Waals surface area (Å²) in [5.41, 5.74) is 0.577. The van der Waals surface area contributed by atoms with Crippen molar-refractivity contribution in [1.82, 2.24) is 5.32 Å². The molecule has 0 radical (unpaired) electrons. The van der Waals surface area contributed by atoms with Crippen molar-refractivity contribution in [2.75, 3.05) is 13.7 Å². The molecule has 0 atom stereocenters. The fourth-order valence-electron chi connectivity index (χ4n) is 1.12.